The second-order valence-corrected chi connectivity index (χ2v) is 5.77. The lowest BCUT2D eigenvalue weighted by atomic mass is 10.0. The molecule has 0 bridgehead atoms. The molecule has 2 aromatic rings. The van der Waals surface area contributed by atoms with Gasteiger partial charge in [0.2, 0.25) is 0 Å². The average Bonchev–Trinajstić information content (AvgIpc) is 2.40. The minimum Gasteiger partial charge on any atom is -0.377 e. The number of likely N-dealkylation sites (N-methyl/N-ethyl adjacent to an activating group) is 1. The maximum absolute atomic E-state index is 6.45. The Labute approximate surface area is 126 Å². The third-order valence-electron chi connectivity index (χ3n) is 3.64. The molecule has 1 N–H and O–H groups in total. The first kappa shape index (κ1) is 15.1. The Balaban J connectivity index is 2.83. The van der Waals surface area contributed by atoms with Crippen molar-refractivity contribution in [1.29, 1.82) is 0 Å². The SMILES string of the molecule is CNCCc1c(C)nc2c(C)ccc(Cl)c2c1N(C)C. The van der Waals surface area contributed by atoms with E-state index in [9.17, 15) is 0 Å². The van der Waals surface area contributed by atoms with Gasteiger partial charge in [-0.1, -0.05) is 17.7 Å². The third kappa shape index (κ3) is 2.60. The fraction of sp³-hybridized carbons (Fsp3) is 0.438. The number of hydrogen-bond acceptors (Lipinski definition) is 3. The molecular formula is C16H22ClN3. The highest BCUT2D eigenvalue weighted by molar-refractivity contribution is 6.36. The van der Waals surface area contributed by atoms with Crippen LogP contribution in [-0.4, -0.2) is 32.7 Å². The molecule has 0 radical (unpaired) electrons. The molecule has 1 heterocycles. The van der Waals surface area contributed by atoms with E-state index < -0.39 is 0 Å². The number of fused-ring (bicyclic) bond motifs is 1. The van der Waals surface area contributed by atoms with Crippen LogP contribution >= 0.6 is 11.6 Å². The van der Waals surface area contributed by atoms with Crippen LogP contribution in [0.5, 0.6) is 0 Å². The van der Waals surface area contributed by atoms with Gasteiger partial charge < -0.3 is 10.2 Å². The molecule has 0 saturated carbocycles. The topological polar surface area (TPSA) is 28.2 Å². The lowest BCUT2D eigenvalue weighted by Gasteiger charge is -2.23. The summed E-state index contributed by atoms with van der Waals surface area (Å²) in [5.41, 5.74) is 5.71. The Morgan fingerprint density at radius 2 is 1.95 bits per heavy atom. The molecule has 0 spiro atoms. The normalized spacial score (nSPS) is 11.1. The van der Waals surface area contributed by atoms with E-state index in [-0.39, 0.29) is 0 Å². The molecule has 2 rings (SSSR count). The molecular weight excluding hydrogens is 270 g/mol. The fourth-order valence-electron chi connectivity index (χ4n) is 2.64. The van der Waals surface area contributed by atoms with Gasteiger partial charge in [0.15, 0.2) is 0 Å². The number of rotatable bonds is 4. The molecule has 0 atom stereocenters. The van der Waals surface area contributed by atoms with Crippen LogP contribution in [0, 0.1) is 13.8 Å². The summed E-state index contributed by atoms with van der Waals surface area (Å²) in [5.74, 6) is 0. The summed E-state index contributed by atoms with van der Waals surface area (Å²) in [5, 5.41) is 5.04. The predicted molar refractivity (Wildman–Crippen MR) is 88.2 cm³/mol. The van der Waals surface area contributed by atoms with Crippen LogP contribution in [0.4, 0.5) is 5.69 Å². The van der Waals surface area contributed by atoms with Crippen LogP contribution in [-0.2, 0) is 6.42 Å². The van der Waals surface area contributed by atoms with Crippen LogP contribution in [0.1, 0.15) is 16.8 Å². The van der Waals surface area contributed by atoms with Crippen molar-refractivity contribution in [3.63, 3.8) is 0 Å². The second-order valence-electron chi connectivity index (χ2n) is 5.36. The van der Waals surface area contributed by atoms with E-state index >= 15 is 0 Å². The molecule has 0 aliphatic carbocycles. The molecule has 3 nitrogen and oxygen atoms in total. The van der Waals surface area contributed by atoms with Gasteiger partial charge in [-0.15, -0.1) is 0 Å². The quantitative estimate of drug-likeness (QED) is 0.936. The van der Waals surface area contributed by atoms with E-state index in [1.54, 1.807) is 0 Å². The summed E-state index contributed by atoms with van der Waals surface area (Å²) < 4.78 is 0. The number of halogens is 1. The minimum atomic E-state index is 0.771. The molecule has 4 heteroatoms. The van der Waals surface area contributed by atoms with Crippen LogP contribution in [0.2, 0.25) is 5.02 Å². The highest BCUT2D eigenvalue weighted by atomic mass is 35.5. The van der Waals surface area contributed by atoms with Gasteiger partial charge in [-0.25, -0.2) is 0 Å². The summed E-state index contributed by atoms with van der Waals surface area (Å²) in [4.78, 5) is 6.94. The standard InChI is InChI=1S/C16H22ClN3/c1-10-6-7-13(17)14-15(10)19-11(2)12(8-9-18-3)16(14)20(4)5/h6-7,18H,8-9H2,1-5H3. The zero-order valence-corrected chi connectivity index (χ0v) is 13.6. The first-order chi connectivity index (χ1) is 9.47. The van der Waals surface area contributed by atoms with E-state index in [0.717, 1.165) is 40.1 Å². The smallest absolute Gasteiger partial charge is 0.0770 e. The number of aryl methyl sites for hydroxylation is 2. The maximum Gasteiger partial charge on any atom is 0.0770 e. The largest absolute Gasteiger partial charge is 0.377 e. The molecule has 0 unspecified atom stereocenters. The van der Waals surface area contributed by atoms with E-state index in [2.05, 4.69) is 38.2 Å². The number of aromatic nitrogens is 1. The Hall–Kier alpha value is -1.32. The van der Waals surface area contributed by atoms with Crippen molar-refractivity contribution in [1.82, 2.24) is 10.3 Å². The zero-order chi connectivity index (χ0) is 14.9. The Kier molecular flexibility index (Phi) is 4.51. The summed E-state index contributed by atoms with van der Waals surface area (Å²) in [7, 11) is 6.10. The van der Waals surface area contributed by atoms with Gasteiger partial charge >= 0.3 is 0 Å². The Bertz CT molecular complexity index is 635. The highest BCUT2D eigenvalue weighted by Crippen LogP contribution is 2.36. The van der Waals surface area contributed by atoms with Crippen molar-refractivity contribution in [3.05, 3.63) is 34.0 Å². The third-order valence-corrected chi connectivity index (χ3v) is 3.95. The minimum absolute atomic E-state index is 0.771. The predicted octanol–water partition coefficient (Wildman–Crippen LogP) is 3.33. The summed E-state index contributed by atoms with van der Waals surface area (Å²) >= 11 is 6.45. The van der Waals surface area contributed by atoms with Crippen LogP contribution in [0.25, 0.3) is 10.9 Å². The molecule has 0 amide bonds. The lowest BCUT2D eigenvalue weighted by molar-refractivity contribution is 0.784. The number of pyridine rings is 1. The van der Waals surface area contributed by atoms with Gasteiger partial charge in [0.25, 0.3) is 0 Å². The van der Waals surface area contributed by atoms with Gasteiger partial charge in [-0.3, -0.25) is 4.98 Å². The molecule has 1 aromatic carbocycles. The molecule has 0 aliphatic heterocycles. The number of nitrogens with zero attached hydrogens (tertiary/aromatic N) is 2. The number of hydrogen-bond donors (Lipinski definition) is 1. The van der Waals surface area contributed by atoms with Crippen molar-refractivity contribution in [2.45, 2.75) is 20.3 Å². The second kappa shape index (κ2) is 5.98. The van der Waals surface area contributed by atoms with Gasteiger partial charge in [-0.05, 0) is 51.1 Å². The molecule has 0 aliphatic rings. The first-order valence-electron chi connectivity index (χ1n) is 6.87. The van der Waals surface area contributed by atoms with E-state index in [1.165, 1.54) is 11.3 Å². The van der Waals surface area contributed by atoms with E-state index in [1.807, 2.05) is 19.2 Å². The molecule has 1 aromatic heterocycles. The van der Waals surface area contributed by atoms with Crippen molar-refractivity contribution < 1.29 is 0 Å². The molecule has 0 saturated heterocycles. The van der Waals surface area contributed by atoms with Gasteiger partial charge in [0.05, 0.1) is 16.2 Å². The van der Waals surface area contributed by atoms with Gasteiger partial charge in [0, 0.05) is 25.2 Å². The zero-order valence-electron chi connectivity index (χ0n) is 12.8. The van der Waals surface area contributed by atoms with Crippen molar-refractivity contribution >= 4 is 28.2 Å². The number of anilines is 1. The van der Waals surface area contributed by atoms with Crippen LogP contribution < -0.4 is 10.2 Å². The van der Waals surface area contributed by atoms with Crippen molar-refractivity contribution in [2.75, 3.05) is 32.6 Å². The van der Waals surface area contributed by atoms with E-state index in [4.69, 9.17) is 16.6 Å². The summed E-state index contributed by atoms with van der Waals surface area (Å²) in [6.45, 7) is 5.09. The Morgan fingerprint density at radius 1 is 1.25 bits per heavy atom. The molecule has 0 fully saturated rings. The summed E-state index contributed by atoms with van der Waals surface area (Å²) in [6, 6.07) is 3.99. The average molecular weight is 292 g/mol. The van der Waals surface area contributed by atoms with Crippen LogP contribution in [0.3, 0.4) is 0 Å². The van der Waals surface area contributed by atoms with E-state index in [0.29, 0.717) is 0 Å². The fourth-order valence-corrected chi connectivity index (χ4v) is 2.88. The number of benzene rings is 1. The highest BCUT2D eigenvalue weighted by Gasteiger charge is 2.17. The Morgan fingerprint density at radius 3 is 2.55 bits per heavy atom. The molecule has 20 heavy (non-hydrogen) atoms. The van der Waals surface area contributed by atoms with Gasteiger partial charge in [-0.2, -0.15) is 0 Å². The summed E-state index contributed by atoms with van der Waals surface area (Å²) in [6.07, 6.45) is 0.947. The first-order valence-corrected chi connectivity index (χ1v) is 7.25. The number of nitrogens with one attached hydrogen (secondary N) is 1. The van der Waals surface area contributed by atoms with Gasteiger partial charge in [0.1, 0.15) is 0 Å². The maximum atomic E-state index is 6.45. The van der Waals surface area contributed by atoms with Crippen LogP contribution in [0.15, 0.2) is 12.1 Å². The lowest BCUT2D eigenvalue weighted by Crippen LogP contribution is -2.18. The van der Waals surface area contributed by atoms with Crippen molar-refractivity contribution in [3.8, 4) is 0 Å². The monoisotopic (exact) mass is 291 g/mol. The van der Waals surface area contributed by atoms with Crippen molar-refractivity contribution in [2.24, 2.45) is 0 Å². The molecule has 108 valence electrons.